The molecule has 27 heavy (non-hydrogen) atoms. The van der Waals surface area contributed by atoms with Crippen LogP contribution in [0.3, 0.4) is 0 Å². The number of hydrogen-bond acceptors (Lipinski definition) is 5. The molecule has 2 heterocycles. The zero-order valence-electron chi connectivity index (χ0n) is 17.8. The smallest absolute Gasteiger partial charge is 0.129 e. The van der Waals surface area contributed by atoms with Crippen molar-refractivity contribution in [3.05, 3.63) is 30.1 Å². The summed E-state index contributed by atoms with van der Waals surface area (Å²) in [4.78, 5) is 9.35. The molecule has 2 rings (SSSR count). The highest BCUT2D eigenvalue weighted by Crippen LogP contribution is 2.26. The van der Waals surface area contributed by atoms with E-state index < -0.39 is 0 Å². The summed E-state index contributed by atoms with van der Waals surface area (Å²) in [5.41, 5.74) is 3.35. The van der Waals surface area contributed by atoms with Crippen LogP contribution in [-0.4, -0.2) is 60.4 Å². The molecular formula is C21H36N6. The van der Waals surface area contributed by atoms with E-state index in [9.17, 15) is 0 Å². The number of aromatic nitrogens is 3. The molecule has 0 amide bonds. The molecule has 0 saturated carbocycles. The van der Waals surface area contributed by atoms with E-state index in [0.717, 1.165) is 49.8 Å². The van der Waals surface area contributed by atoms with Crippen LogP contribution in [0.5, 0.6) is 0 Å². The summed E-state index contributed by atoms with van der Waals surface area (Å²) in [5, 5.41) is 10.8. The fourth-order valence-electron chi connectivity index (χ4n) is 3.24. The maximum absolute atomic E-state index is 4.66. The van der Waals surface area contributed by atoms with Gasteiger partial charge < -0.3 is 15.1 Å². The molecule has 0 saturated heterocycles. The Labute approximate surface area is 164 Å². The van der Waals surface area contributed by atoms with Gasteiger partial charge in [0.05, 0.1) is 5.69 Å². The van der Waals surface area contributed by atoms with E-state index in [-0.39, 0.29) is 0 Å². The minimum Gasteiger partial charge on any atom is -0.356 e. The van der Waals surface area contributed by atoms with Gasteiger partial charge in [-0.05, 0) is 38.1 Å². The number of aromatic amines is 1. The average molecular weight is 373 g/mol. The minimum absolute atomic E-state index is 0.593. The lowest BCUT2D eigenvalue weighted by Crippen LogP contribution is -2.32. The Morgan fingerprint density at radius 3 is 2.48 bits per heavy atom. The third kappa shape index (κ3) is 6.63. The van der Waals surface area contributed by atoms with Crippen molar-refractivity contribution in [2.75, 3.05) is 45.2 Å². The summed E-state index contributed by atoms with van der Waals surface area (Å²) in [6.45, 7) is 13.9. The Morgan fingerprint density at radius 2 is 1.85 bits per heavy atom. The molecule has 0 atom stereocenters. The highest BCUT2D eigenvalue weighted by Gasteiger charge is 2.15. The summed E-state index contributed by atoms with van der Waals surface area (Å²) in [5.74, 6) is 2.22. The first-order valence-corrected chi connectivity index (χ1v) is 9.97. The average Bonchev–Trinajstić information content (AvgIpc) is 3.06. The zero-order valence-corrected chi connectivity index (χ0v) is 17.8. The number of H-pyrrole nitrogens is 1. The SMILES string of the molecule is CNCCN(C)Cc1c[nH]nc1-c1ccnc(N(CC(C)C)CC(C)C)c1. The molecule has 2 N–H and O–H groups in total. The largest absolute Gasteiger partial charge is 0.356 e. The molecule has 0 aliphatic carbocycles. The molecule has 0 aromatic carbocycles. The van der Waals surface area contributed by atoms with E-state index >= 15 is 0 Å². The number of rotatable bonds is 11. The lowest BCUT2D eigenvalue weighted by atomic mass is 10.1. The summed E-state index contributed by atoms with van der Waals surface area (Å²) in [7, 11) is 4.12. The van der Waals surface area contributed by atoms with E-state index in [4.69, 9.17) is 0 Å². The molecule has 0 bridgehead atoms. The molecule has 0 aliphatic heterocycles. The van der Waals surface area contributed by atoms with Gasteiger partial charge in [-0.1, -0.05) is 27.7 Å². The normalized spacial score (nSPS) is 11.7. The van der Waals surface area contributed by atoms with Crippen molar-refractivity contribution in [2.45, 2.75) is 34.2 Å². The molecule has 150 valence electrons. The Bertz CT molecular complexity index is 669. The van der Waals surface area contributed by atoms with Gasteiger partial charge in [0, 0.05) is 56.2 Å². The summed E-state index contributed by atoms with van der Waals surface area (Å²) in [6.07, 6.45) is 3.91. The van der Waals surface area contributed by atoms with Crippen molar-refractivity contribution in [3.8, 4) is 11.3 Å². The quantitative estimate of drug-likeness (QED) is 0.634. The second-order valence-electron chi connectivity index (χ2n) is 8.20. The van der Waals surface area contributed by atoms with Crippen molar-refractivity contribution in [3.63, 3.8) is 0 Å². The maximum atomic E-state index is 4.66. The fraction of sp³-hybridized carbons (Fsp3) is 0.619. The van der Waals surface area contributed by atoms with Crippen LogP contribution in [0.25, 0.3) is 11.3 Å². The van der Waals surface area contributed by atoms with Gasteiger partial charge in [-0.25, -0.2) is 4.98 Å². The van der Waals surface area contributed by atoms with Crippen LogP contribution in [0.2, 0.25) is 0 Å². The van der Waals surface area contributed by atoms with Crippen molar-refractivity contribution < 1.29 is 0 Å². The van der Waals surface area contributed by atoms with Gasteiger partial charge in [0.2, 0.25) is 0 Å². The minimum atomic E-state index is 0.593. The van der Waals surface area contributed by atoms with Gasteiger partial charge in [-0.2, -0.15) is 5.10 Å². The van der Waals surface area contributed by atoms with Crippen LogP contribution >= 0.6 is 0 Å². The van der Waals surface area contributed by atoms with Crippen LogP contribution in [-0.2, 0) is 6.54 Å². The van der Waals surface area contributed by atoms with Crippen molar-refractivity contribution in [1.82, 2.24) is 25.4 Å². The lowest BCUT2D eigenvalue weighted by Gasteiger charge is -2.27. The van der Waals surface area contributed by atoms with Crippen LogP contribution in [0, 0.1) is 11.8 Å². The fourth-order valence-corrected chi connectivity index (χ4v) is 3.24. The van der Waals surface area contributed by atoms with Gasteiger partial charge in [-0.15, -0.1) is 0 Å². The standard InChI is InChI=1S/C21H36N6/c1-16(2)13-27(14-17(3)4)20-11-18(7-8-23-20)21-19(12-24-25-21)15-26(6)10-9-22-5/h7-8,11-12,16-17,22H,9-10,13-15H2,1-6H3,(H,24,25). The monoisotopic (exact) mass is 372 g/mol. The molecule has 0 fully saturated rings. The number of hydrogen-bond donors (Lipinski definition) is 2. The molecule has 0 radical (unpaired) electrons. The summed E-state index contributed by atoms with van der Waals surface area (Å²) in [6, 6.07) is 4.23. The molecule has 0 spiro atoms. The zero-order chi connectivity index (χ0) is 19.8. The predicted octanol–water partition coefficient (Wildman–Crippen LogP) is 3.24. The highest BCUT2D eigenvalue weighted by molar-refractivity contribution is 5.66. The molecule has 6 heteroatoms. The van der Waals surface area contributed by atoms with Gasteiger partial charge in [0.1, 0.15) is 5.82 Å². The first-order valence-electron chi connectivity index (χ1n) is 9.97. The maximum Gasteiger partial charge on any atom is 0.129 e. The van der Waals surface area contributed by atoms with Crippen LogP contribution in [0.15, 0.2) is 24.5 Å². The number of nitrogens with one attached hydrogen (secondary N) is 2. The van der Waals surface area contributed by atoms with Gasteiger partial charge in [-0.3, -0.25) is 5.10 Å². The van der Waals surface area contributed by atoms with Crippen LogP contribution < -0.4 is 10.2 Å². The van der Waals surface area contributed by atoms with E-state index in [2.05, 4.69) is 77.2 Å². The molecule has 2 aromatic rings. The van der Waals surface area contributed by atoms with E-state index in [1.807, 2.05) is 19.4 Å². The van der Waals surface area contributed by atoms with Crippen molar-refractivity contribution in [2.24, 2.45) is 11.8 Å². The van der Waals surface area contributed by atoms with E-state index in [0.29, 0.717) is 11.8 Å². The molecule has 0 unspecified atom stereocenters. The Morgan fingerprint density at radius 1 is 1.15 bits per heavy atom. The number of likely N-dealkylation sites (N-methyl/N-ethyl adjacent to an activating group) is 2. The predicted molar refractivity (Wildman–Crippen MR) is 114 cm³/mol. The first-order chi connectivity index (χ1) is 12.9. The topological polar surface area (TPSA) is 60.1 Å². The molecule has 2 aromatic heterocycles. The Hall–Kier alpha value is -1.92. The number of pyridine rings is 1. The first kappa shape index (κ1) is 21.4. The van der Waals surface area contributed by atoms with E-state index in [1.165, 1.54) is 5.56 Å². The Balaban J connectivity index is 2.23. The molecule has 6 nitrogen and oxygen atoms in total. The van der Waals surface area contributed by atoms with Gasteiger partial charge in [0.25, 0.3) is 0 Å². The molecule has 0 aliphatic rings. The van der Waals surface area contributed by atoms with Gasteiger partial charge >= 0.3 is 0 Å². The van der Waals surface area contributed by atoms with E-state index in [1.54, 1.807) is 0 Å². The van der Waals surface area contributed by atoms with Crippen molar-refractivity contribution in [1.29, 1.82) is 0 Å². The number of nitrogens with zero attached hydrogens (tertiary/aromatic N) is 4. The van der Waals surface area contributed by atoms with Crippen LogP contribution in [0.4, 0.5) is 5.82 Å². The van der Waals surface area contributed by atoms with Crippen LogP contribution in [0.1, 0.15) is 33.3 Å². The second kappa shape index (κ2) is 10.4. The third-order valence-electron chi connectivity index (χ3n) is 4.42. The summed E-state index contributed by atoms with van der Waals surface area (Å²) >= 11 is 0. The van der Waals surface area contributed by atoms with Gasteiger partial charge in [0.15, 0.2) is 0 Å². The summed E-state index contributed by atoms with van der Waals surface area (Å²) < 4.78 is 0. The second-order valence-corrected chi connectivity index (χ2v) is 8.20. The van der Waals surface area contributed by atoms with Crippen molar-refractivity contribution >= 4 is 5.82 Å². The number of anilines is 1. The third-order valence-corrected chi connectivity index (χ3v) is 4.42. The molecular weight excluding hydrogens is 336 g/mol. The highest BCUT2D eigenvalue weighted by atomic mass is 15.2. The lowest BCUT2D eigenvalue weighted by molar-refractivity contribution is 0.328. The Kier molecular flexibility index (Phi) is 8.25.